The number of likely N-dealkylation sites (tertiary alicyclic amines) is 1. The van der Waals surface area contributed by atoms with Crippen LogP contribution in [-0.2, 0) is 11.3 Å². The lowest BCUT2D eigenvalue weighted by molar-refractivity contribution is -0.127. The maximum Gasteiger partial charge on any atom is 0.226 e. The van der Waals surface area contributed by atoms with Crippen molar-refractivity contribution >= 4 is 21.8 Å². The Morgan fingerprint density at radius 3 is 2.63 bits per heavy atom. The van der Waals surface area contributed by atoms with Crippen LogP contribution in [0.2, 0.25) is 0 Å². The molecule has 1 aromatic carbocycles. The van der Waals surface area contributed by atoms with Gasteiger partial charge in [0.2, 0.25) is 11.8 Å². The number of rotatable bonds is 5. The van der Waals surface area contributed by atoms with Gasteiger partial charge in [-0.1, -0.05) is 28.9 Å². The molecule has 1 saturated heterocycles. The highest BCUT2D eigenvalue weighted by atomic mass is 79.9. The Hall–Kier alpha value is -1.66. The molecule has 2 aromatic rings. The number of piperidine rings is 1. The van der Waals surface area contributed by atoms with Crippen LogP contribution in [0.5, 0.6) is 0 Å². The molecule has 1 N–H and O–H groups in total. The normalized spacial score (nSPS) is 23.4. The predicted octanol–water partition coefficient (Wildman–Crippen LogP) is 5.32. The molecule has 0 unspecified atom stereocenters. The molecule has 30 heavy (non-hydrogen) atoms. The number of hydrogen-bond donors (Lipinski definition) is 1. The molecule has 2 heterocycles. The zero-order valence-electron chi connectivity index (χ0n) is 18.0. The molecule has 1 amide bonds. The molecule has 162 valence electrons. The fraction of sp³-hybridized carbons (Fsp3) is 0.583. The van der Waals surface area contributed by atoms with Gasteiger partial charge in [-0.15, -0.1) is 0 Å². The summed E-state index contributed by atoms with van der Waals surface area (Å²) >= 11 is 3.51. The summed E-state index contributed by atoms with van der Waals surface area (Å²) in [5.41, 5.74) is 1.97. The van der Waals surface area contributed by atoms with Crippen LogP contribution < -0.4 is 5.32 Å². The second kappa shape index (κ2) is 9.65. The van der Waals surface area contributed by atoms with E-state index in [0.717, 1.165) is 72.7 Å². The largest absolute Gasteiger partial charge is 0.441 e. The molecule has 6 heteroatoms. The molecule has 1 aliphatic heterocycles. The van der Waals surface area contributed by atoms with E-state index in [-0.39, 0.29) is 11.8 Å². The highest BCUT2D eigenvalue weighted by Gasteiger charge is 2.28. The topological polar surface area (TPSA) is 58.4 Å². The molecule has 0 spiro atoms. The summed E-state index contributed by atoms with van der Waals surface area (Å²) in [5, 5.41) is 3.32. The number of carbonyl (C=O) groups is 1. The first-order valence-electron chi connectivity index (χ1n) is 11.2. The van der Waals surface area contributed by atoms with Gasteiger partial charge in [-0.2, -0.15) is 0 Å². The van der Waals surface area contributed by atoms with E-state index in [0.29, 0.717) is 11.9 Å². The molecule has 0 bridgehead atoms. The summed E-state index contributed by atoms with van der Waals surface area (Å²) in [6.07, 6.45) is 6.59. The van der Waals surface area contributed by atoms with E-state index in [1.165, 1.54) is 12.8 Å². The number of aromatic nitrogens is 1. The van der Waals surface area contributed by atoms with E-state index in [1.807, 2.05) is 31.2 Å². The standard InChI is InChI=1S/C24H32BrN3O2/c1-16-6-8-21(9-7-16)26-23(29)18-10-12-28(13-11-18)15-22-17(2)30-24(27-22)19-4-3-5-20(25)14-19/h3-5,14,16,18,21H,6-13,15H2,1-2H3,(H,26,29). The molecule has 1 saturated carbocycles. The average Bonchev–Trinajstić information content (AvgIpc) is 3.10. The average molecular weight is 474 g/mol. The molecule has 5 nitrogen and oxygen atoms in total. The van der Waals surface area contributed by atoms with E-state index < -0.39 is 0 Å². The van der Waals surface area contributed by atoms with Crippen molar-refractivity contribution in [2.45, 2.75) is 65.0 Å². The van der Waals surface area contributed by atoms with Gasteiger partial charge in [0.15, 0.2) is 0 Å². The Balaban J connectivity index is 1.28. The number of nitrogens with zero attached hydrogens (tertiary/aromatic N) is 2. The number of carbonyl (C=O) groups excluding carboxylic acids is 1. The first-order valence-corrected chi connectivity index (χ1v) is 12.0. The second-order valence-electron chi connectivity index (χ2n) is 9.05. The van der Waals surface area contributed by atoms with Crippen molar-refractivity contribution in [1.29, 1.82) is 0 Å². The van der Waals surface area contributed by atoms with Crippen molar-refractivity contribution in [1.82, 2.24) is 15.2 Å². The molecular weight excluding hydrogens is 442 g/mol. The number of benzene rings is 1. The Morgan fingerprint density at radius 2 is 1.93 bits per heavy atom. The van der Waals surface area contributed by atoms with Gasteiger partial charge < -0.3 is 9.73 Å². The molecule has 4 rings (SSSR count). The predicted molar refractivity (Wildman–Crippen MR) is 122 cm³/mol. The Kier molecular flexibility index (Phi) is 6.94. The van der Waals surface area contributed by atoms with Gasteiger partial charge in [0.25, 0.3) is 0 Å². The molecule has 1 aliphatic carbocycles. The van der Waals surface area contributed by atoms with E-state index in [9.17, 15) is 4.79 Å². The summed E-state index contributed by atoms with van der Waals surface area (Å²) in [4.78, 5) is 19.8. The van der Waals surface area contributed by atoms with Gasteiger partial charge in [-0.25, -0.2) is 4.98 Å². The number of amides is 1. The van der Waals surface area contributed by atoms with Crippen molar-refractivity contribution < 1.29 is 9.21 Å². The third-order valence-electron chi connectivity index (χ3n) is 6.66. The number of nitrogens with one attached hydrogen (secondary N) is 1. The van der Waals surface area contributed by atoms with Crippen molar-refractivity contribution in [3.63, 3.8) is 0 Å². The van der Waals surface area contributed by atoms with Crippen LogP contribution in [0.15, 0.2) is 33.2 Å². The van der Waals surface area contributed by atoms with Crippen LogP contribution in [0.25, 0.3) is 11.5 Å². The molecular formula is C24H32BrN3O2. The quantitative estimate of drug-likeness (QED) is 0.638. The fourth-order valence-corrected chi connectivity index (χ4v) is 5.01. The minimum absolute atomic E-state index is 0.149. The molecule has 2 fully saturated rings. The summed E-state index contributed by atoms with van der Waals surface area (Å²) < 4.78 is 6.94. The van der Waals surface area contributed by atoms with Gasteiger partial charge in [-0.05, 0) is 82.7 Å². The highest BCUT2D eigenvalue weighted by Crippen LogP contribution is 2.27. The monoisotopic (exact) mass is 473 g/mol. The molecule has 0 atom stereocenters. The highest BCUT2D eigenvalue weighted by molar-refractivity contribution is 9.10. The number of hydrogen-bond acceptors (Lipinski definition) is 4. The van der Waals surface area contributed by atoms with E-state index in [2.05, 4.69) is 33.1 Å². The van der Waals surface area contributed by atoms with Crippen LogP contribution in [0.4, 0.5) is 0 Å². The van der Waals surface area contributed by atoms with Crippen molar-refractivity contribution in [2.24, 2.45) is 11.8 Å². The number of oxazole rings is 1. The molecule has 0 radical (unpaired) electrons. The van der Waals surface area contributed by atoms with E-state index in [1.54, 1.807) is 0 Å². The summed E-state index contributed by atoms with van der Waals surface area (Å²) in [5.74, 6) is 2.77. The minimum atomic E-state index is 0.149. The van der Waals surface area contributed by atoms with Crippen molar-refractivity contribution in [3.05, 3.63) is 40.2 Å². The SMILES string of the molecule is Cc1oc(-c2cccc(Br)c2)nc1CN1CCC(C(=O)NC2CCC(C)CC2)CC1. The minimum Gasteiger partial charge on any atom is -0.441 e. The second-order valence-corrected chi connectivity index (χ2v) is 9.96. The lowest BCUT2D eigenvalue weighted by Crippen LogP contribution is -2.44. The summed E-state index contributed by atoms with van der Waals surface area (Å²) in [6.45, 7) is 6.93. The Morgan fingerprint density at radius 1 is 1.20 bits per heavy atom. The zero-order valence-corrected chi connectivity index (χ0v) is 19.6. The summed E-state index contributed by atoms with van der Waals surface area (Å²) in [7, 11) is 0. The first-order chi connectivity index (χ1) is 14.5. The van der Waals surface area contributed by atoms with Gasteiger partial charge in [0, 0.05) is 28.5 Å². The van der Waals surface area contributed by atoms with Crippen molar-refractivity contribution in [2.75, 3.05) is 13.1 Å². The smallest absolute Gasteiger partial charge is 0.226 e. The van der Waals surface area contributed by atoms with Crippen LogP contribution in [-0.4, -0.2) is 34.9 Å². The van der Waals surface area contributed by atoms with Crippen LogP contribution in [0.1, 0.15) is 56.9 Å². The van der Waals surface area contributed by atoms with Gasteiger partial charge in [0.05, 0.1) is 5.69 Å². The first kappa shape index (κ1) is 21.6. The van der Waals surface area contributed by atoms with Crippen LogP contribution in [0, 0.1) is 18.8 Å². The molecule has 1 aromatic heterocycles. The van der Waals surface area contributed by atoms with Crippen molar-refractivity contribution in [3.8, 4) is 11.5 Å². The Labute approximate surface area is 187 Å². The van der Waals surface area contributed by atoms with E-state index >= 15 is 0 Å². The Bertz CT molecular complexity index is 865. The number of halogens is 1. The van der Waals surface area contributed by atoms with Crippen LogP contribution >= 0.6 is 15.9 Å². The third-order valence-corrected chi connectivity index (χ3v) is 7.15. The maximum atomic E-state index is 12.7. The van der Waals surface area contributed by atoms with Gasteiger partial charge in [0.1, 0.15) is 5.76 Å². The fourth-order valence-electron chi connectivity index (χ4n) is 4.61. The lowest BCUT2D eigenvalue weighted by atomic mass is 9.86. The van der Waals surface area contributed by atoms with Gasteiger partial charge in [-0.3, -0.25) is 9.69 Å². The zero-order chi connectivity index (χ0) is 21.1. The summed E-state index contributed by atoms with van der Waals surface area (Å²) in [6, 6.07) is 8.40. The molecule has 2 aliphatic rings. The van der Waals surface area contributed by atoms with Gasteiger partial charge >= 0.3 is 0 Å². The number of aryl methyl sites for hydroxylation is 1. The third kappa shape index (κ3) is 5.33. The van der Waals surface area contributed by atoms with E-state index in [4.69, 9.17) is 9.40 Å². The lowest BCUT2D eigenvalue weighted by Gasteiger charge is -2.33. The van der Waals surface area contributed by atoms with Crippen LogP contribution in [0.3, 0.4) is 0 Å². The maximum absolute atomic E-state index is 12.7.